The largest absolute Gasteiger partial charge is 0.468 e. The number of rotatable bonds is 5. The molecule has 0 bridgehead atoms. The molecule has 21 heavy (non-hydrogen) atoms. The lowest BCUT2D eigenvalue weighted by molar-refractivity contribution is -0.175. The average molecular weight is 295 g/mol. The summed E-state index contributed by atoms with van der Waals surface area (Å²) in [5.74, 6) is -0.589. The molecule has 1 aromatic rings. The normalized spacial score (nSPS) is 10.9. The lowest BCUT2D eigenvalue weighted by Gasteiger charge is -2.25. The van der Waals surface area contributed by atoms with Gasteiger partial charge in [0.15, 0.2) is 0 Å². The first kappa shape index (κ1) is 17.0. The zero-order chi connectivity index (χ0) is 15.9. The van der Waals surface area contributed by atoms with Crippen LogP contribution in [0.1, 0.15) is 26.3 Å². The van der Waals surface area contributed by atoms with Crippen LogP contribution < -0.4 is 0 Å². The molecule has 0 aromatic heterocycles. The van der Waals surface area contributed by atoms with E-state index in [1.165, 1.54) is 7.11 Å². The summed E-state index contributed by atoms with van der Waals surface area (Å²) in [6.45, 7) is 5.02. The molecule has 0 aliphatic carbocycles. The Morgan fingerprint density at radius 3 is 2.29 bits per heavy atom. The van der Waals surface area contributed by atoms with Gasteiger partial charge in [-0.3, -0.25) is 9.63 Å². The Bertz CT molecular complexity index is 467. The Hall–Kier alpha value is -2.08. The zero-order valence-electron chi connectivity index (χ0n) is 12.8. The van der Waals surface area contributed by atoms with Gasteiger partial charge in [0.2, 0.25) is 0 Å². The van der Waals surface area contributed by atoms with E-state index in [0.717, 1.165) is 10.6 Å². The number of hydrogen-bond donors (Lipinski definition) is 0. The van der Waals surface area contributed by atoms with Crippen molar-refractivity contribution in [3.05, 3.63) is 35.9 Å². The molecule has 0 aliphatic rings. The van der Waals surface area contributed by atoms with Gasteiger partial charge >= 0.3 is 12.1 Å². The minimum Gasteiger partial charge on any atom is -0.468 e. The van der Waals surface area contributed by atoms with E-state index in [0.29, 0.717) is 0 Å². The molecule has 0 N–H and O–H groups in total. The summed E-state index contributed by atoms with van der Waals surface area (Å²) in [6, 6.07) is 9.30. The highest BCUT2D eigenvalue weighted by molar-refractivity contribution is 5.77. The van der Waals surface area contributed by atoms with Crippen LogP contribution in [0.5, 0.6) is 0 Å². The highest BCUT2D eigenvalue weighted by Crippen LogP contribution is 2.11. The van der Waals surface area contributed by atoms with Gasteiger partial charge in [-0.1, -0.05) is 30.3 Å². The van der Waals surface area contributed by atoms with Crippen molar-refractivity contribution in [3.8, 4) is 0 Å². The number of hydrogen-bond acceptors (Lipinski definition) is 5. The number of carbonyl (C=O) groups is 2. The Kier molecular flexibility index (Phi) is 6.17. The number of hydroxylamine groups is 2. The third kappa shape index (κ3) is 6.76. The topological polar surface area (TPSA) is 65.1 Å². The third-order valence-electron chi connectivity index (χ3n) is 2.33. The SMILES string of the molecule is COC(=O)CN(OCc1ccccc1)C(=O)OC(C)(C)C. The Labute approximate surface area is 124 Å². The summed E-state index contributed by atoms with van der Waals surface area (Å²) in [4.78, 5) is 28.7. The van der Waals surface area contributed by atoms with Gasteiger partial charge in [-0.15, -0.1) is 0 Å². The first-order valence-electron chi connectivity index (χ1n) is 6.56. The molecule has 116 valence electrons. The number of amides is 1. The molecule has 0 saturated heterocycles. The van der Waals surface area contributed by atoms with Crippen LogP contribution in [0, 0.1) is 0 Å². The quantitative estimate of drug-likeness (QED) is 0.617. The molecule has 0 spiro atoms. The molecule has 0 unspecified atom stereocenters. The molecule has 1 rings (SSSR count). The zero-order valence-corrected chi connectivity index (χ0v) is 12.8. The fourth-order valence-electron chi connectivity index (χ4n) is 1.38. The number of benzene rings is 1. The van der Waals surface area contributed by atoms with Crippen LogP contribution in [-0.4, -0.2) is 36.4 Å². The molecule has 0 atom stereocenters. The predicted molar refractivity (Wildman–Crippen MR) is 76.2 cm³/mol. The second-order valence-corrected chi connectivity index (χ2v) is 5.35. The van der Waals surface area contributed by atoms with Crippen molar-refractivity contribution in [2.24, 2.45) is 0 Å². The van der Waals surface area contributed by atoms with Crippen LogP contribution in [-0.2, 0) is 25.7 Å². The summed E-state index contributed by atoms with van der Waals surface area (Å²) in [5, 5.41) is 0.865. The fourth-order valence-corrected chi connectivity index (χ4v) is 1.38. The standard InChI is InChI=1S/C15H21NO5/c1-15(2,3)21-14(18)16(10-13(17)19-4)20-11-12-8-6-5-7-9-12/h5-9H,10-11H2,1-4H3. The van der Waals surface area contributed by atoms with Crippen LogP contribution in [0.2, 0.25) is 0 Å². The van der Waals surface area contributed by atoms with Crippen molar-refractivity contribution in [3.63, 3.8) is 0 Å². The van der Waals surface area contributed by atoms with Crippen molar-refractivity contribution in [2.45, 2.75) is 33.0 Å². The minimum atomic E-state index is -0.733. The van der Waals surface area contributed by atoms with Gasteiger partial charge in [-0.2, -0.15) is 5.06 Å². The van der Waals surface area contributed by atoms with E-state index >= 15 is 0 Å². The second kappa shape index (κ2) is 7.64. The molecule has 0 heterocycles. The lowest BCUT2D eigenvalue weighted by Crippen LogP contribution is -2.40. The van der Waals surface area contributed by atoms with Crippen molar-refractivity contribution < 1.29 is 23.9 Å². The van der Waals surface area contributed by atoms with Crippen LogP contribution >= 0.6 is 0 Å². The molecular weight excluding hydrogens is 274 g/mol. The van der Waals surface area contributed by atoms with Crippen molar-refractivity contribution >= 4 is 12.1 Å². The molecule has 1 aromatic carbocycles. The fraction of sp³-hybridized carbons (Fsp3) is 0.467. The summed E-state index contributed by atoms with van der Waals surface area (Å²) >= 11 is 0. The Balaban J connectivity index is 2.68. The molecule has 6 nitrogen and oxygen atoms in total. The summed E-state index contributed by atoms with van der Waals surface area (Å²) in [7, 11) is 1.24. The Morgan fingerprint density at radius 2 is 1.76 bits per heavy atom. The first-order valence-corrected chi connectivity index (χ1v) is 6.56. The third-order valence-corrected chi connectivity index (χ3v) is 2.33. The van der Waals surface area contributed by atoms with Crippen LogP contribution in [0.25, 0.3) is 0 Å². The average Bonchev–Trinajstić information content (AvgIpc) is 2.42. The van der Waals surface area contributed by atoms with Gasteiger partial charge in [-0.05, 0) is 26.3 Å². The van der Waals surface area contributed by atoms with Gasteiger partial charge < -0.3 is 9.47 Å². The van der Waals surface area contributed by atoms with Gasteiger partial charge in [0, 0.05) is 0 Å². The van der Waals surface area contributed by atoms with Crippen LogP contribution in [0.15, 0.2) is 30.3 Å². The maximum absolute atomic E-state index is 12.0. The molecule has 0 radical (unpaired) electrons. The van der Waals surface area contributed by atoms with E-state index in [9.17, 15) is 9.59 Å². The summed E-state index contributed by atoms with van der Waals surface area (Å²) in [6.07, 6.45) is -0.733. The minimum absolute atomic E-state index is 0.150. The first-order chi connectivity index (χ1) is 9.81. The number of ether oxygens (including phenoxy) is 2. The number of methoxy groups -OCH3 is 1. The van der Waals surface area contributed by atoms with Gasteiger partial charge in [0.1, 0.15) is 18.8 Å². The van der Waals surface area contributed by atoms with E-state index in [-0.39, 0.29) is 13.2 Å². The van der Waals surface area contributed by atoms with E-state index in [2.05, 4.69) is 4.74 Å². The number of esters is 1. The van der Waals surface area contributed by atoms with E-state index in [1.54, 1.807) is 20.8 Å². The predicted octanol–water partition coefficient (Wildman–Crippen LogP) is 2.53. The van der Waals surface area contributed by atoms with Gasteiger partial charge in [0.25, 0.3) is 0 Å². The molecule has 6 heteroatoms. The summed E-state index contributed by atoms with van der Waals surface area (Å²) in [5.41, 5.74) is 0.192. The number of carbonyl (C=O) groups excluding carboxylic acids is 2. The maximum Gasteiger partial charge on any atom is 0.435 e. The molecule has 1 amide bonds. The Morgan fingerprint density at radius 1 is 1.14 bits per heavy atom. The molecule has 0 aliphatic heterocycles. The van der Waals surface area contributed by atoms with Gasteiger partial charge in [0.05, 0.1) is 7.11 Å². The summed E-state index contributed by atoms with van der Waals surface area (Å²) < 4.78 is 9.73. The van der Waals surface area contributed by atoms with E-state index < -0.39 is 17.7 Å². The highest BCUT2D eigenvalue weighted by atomic mass is 16.7. The maximum atomic E-state index is 12.0. The molecule has 0 saturated carbocycles. The molecule has 0 fully saturated rings. The smallest absolute Gasteiger partial charge is 0.435 e. The highest BCUT2D eigenvalue weighted by Gasteiger charge is 2.25. The monoisotopic (exact) mass is 295 g/mol. The van der Waals surface area contributed by atoms with Crippen molar-refractivity contribution in [2.75, 3.05) is 13.7 Å². The van der Waals surface area contributed by atoms with Crippen LogP contribution in [0.4, 0.5) is 4.79 Å². The van der Waals surface area contributed by atoms with Crippen molar-refractivity contribution in [1.29, 1.82) is 0 Å². The second-order valence-electron chi connectivity index (χ2n) is 5.35. The van der Waals surface area contributed by atoms with E-state index in [1.807, 2.05) is 30.3 Å². The molecular formula is C15H21NO5. The lowest BCUT2D eigenvalue weighted by atomic mass is 10.2. The van der Waals surface area contributed by atoms with Crippen molar-refractivity contribution in [1.82, 2.24) is 5.06 Å². The number of nitrogens with zero attached hydrogens (tertiary/aromatic N) is 1. The van der Waals surface area contributed by atoms with Crippen LogP contribution in [0.3, 0.4) is 0 Å². The van der Waals surface area contributed by atoms with E-state index in [4.69, 9.17) is 9.57 Å². The van der Waals surface area contributed by atoms with Gasteiger partial charge in [-0.25, -0.2) is 4.79 Å².